The van der Waals surface area contributed by atoms with Crippen LogP contribution < -0.4 is 4.74 Å². The summed E-state index contributed by atoms with van der Waals surface area (Å²) < 4.78 is 32.6. The largest absolute Gasteiger partial charge is 0.493 e. The van der Waals surface area contributed by atoms with Gasteiger partial charge in [0.15, 0.2) is 0 Å². The SMILES string of the molecule is CCOc1ccccc1C(=O)N1CC2=CN(Cc3ccc(F)cc3F)CC2C1. The standard InChI is InChI=1S/C22H22F2N2O2/c1-2-28-21-6-4-3-5-19(21)22(27)26-13-16-11-25(12-17(16)14-26)10-15-7-8-18(23)9-20(15)24/h3-9,11,17H,2,10,12-14H2,1H3. The zero-order valence-electron chi connectivity index (χ0n) is 15.7. The van der Waals surface area contributed by atoms with Crippen LogP contribution in [-0.4, -0.2) is 41.9 Å². The summed E-state index contributed by atoms with van der Waals surface area (Å²) in [5, 5.41) is 0. The average molecular weight is 384 g/mol. The number of hydrogen-bond acceptors (Lipinski definition) is 3. The first-order valence-corrected chi connectivity index (χ1v) is 9.45. The predicted molar refractivity (Wildman–Crippen MR) is 102 cm³/mol. The molecule has 0 radical (unpaired) electrons. The van der Waals surface area contributed by atoms with Gasteiger partial charge in [-0.1, -0.05) is 18.2 Å². The van der Waals surface area contributed by atoms with Crippen molar-refractivity contribution in [1.29, 1.82) is 0 Å². The fourth-order valence-electron chi connectivity index (χ4n) is 3.92. The molecular formula is C22H22F2N2O2. The van der Waals surface area contributed by atoms with Gasteiger partial charge in [0.25, 0.3) is 5.91 Å². The lowest BCUT2D eigenvalue weighted by atomic mass is 10.1. The zero-order valence-corrected chi connectivity index (χ0v) is 15.7. The van der Waals surface area contributed by atoms with Gasteiger partial charge in [-0.05, 0) is 30.7 Å². The lowest BCUT2D eigenvalue weighted by molar-refractivity contribution is 0.0780. The van der Waals surface area contributed by atoms with E-state index < -0.39 is 11.6 Å². The first-order valence-electron chi connectivity index (χ1n) is 9.45. The Kier molecular flexibility index (Phi) is 5.03. The van der Waals surface area contributed by atoms with Crippen molar-refractivity contribution >= 4 is 5.91 Å². The lowest BCUT2D eigenvalue weighted by Crippen LogP contribution is -2.31. The molecule has 0 N–H and O–H groups in total. The number of carbonyl (C=O) groups excluding carboxylic acids is 1. The van der Waals surface area contributed by atoms with Crippen LogP contribution in [0.5, 0.6) is 5.75 Å². The van der Waals surface area contributed by atoms with E-state index in [1.54, 1.807) is 6.07 Å². The Morgan fingerprint density at radius 2 is 2.00 bits per heavy atom. The summed E-state index contributed by atoms with van der Waals surface area (Å²) in [7, 11) is 0. The highest BCUT2D eigenvalue weighted by Gasteiger charge is 2.36. The van der Waals surface area contributed by atoms with Crippen molar-refractivity contribution in [2.24, 2.45) is 5.92 Å². The van der Waals surface area contributed by atoms with E-state index in [9.17, 15) is 13.6 Å². The lowest BCUT2D eigenvalue weighted by Gasteiger charge is -2.22. The number of rotatable bonds is 5. The molecule has 4 nitrogen and oxygen atoms in total. The maximum absolute atomic E-state index is 13.9. The number of likely N-dealkylation sites (tertiary alicyclic amines) is 1. The van der Waals surface area contributed by atoms with Crippen molar-refractivity contribution in [3.8, 4) is 5.75 Å². The van der Waals surface area contributed by atoms with Gasteiger partial charge >= 0.3 is 0 Å². The van der Waals surface area contributed by atoms with Gasteiger partial charge < -0.3 is 14.5 Å². The second-order valence-corrected chi connectivity index (χ2v) is 7.18. The molecule has 1 saturated heterocycles. The molecule has 2 aliphatic rings. The van der Waals surface area contributed by atoms with Gasteiger partial charge in [-0.25, -0.2) is 8.78 Å². The van der Waals surface area contributed by atoms with Crippen LogP contribution >= 0.6 is 0 Å². The molecule has 0 aromatic heterocycles. The molecule has 0 saturated carbocycles. The number of benzene rings is 2. The summed E-state index contributed by atoms with van der Waals surface area (Å²) in [6.07, 6.45) is 2.01. The van der Waals surface area contributed by atoms with E-state index in [0.717, 1.165) is 12.6 Å². The Bertz CT molecular complexity index is 929. The predicted octanol–water partition coefficient (Wildman–Crippen LogP) is 3.84. The Morgan fingerprint density at radius 3 is 2.75 bits per heavy atom. The van der Waals surface area contributed by atoms with E-state index in [4.69, 9.17) is 4.74 Å². The number of halogens is 2. The molecule has 6 heteroatoms. The number of ether oxygens (including phenoxy) is 1. The van der Waals surface area contributed by atoms with Crippen LogP contribution in [0.4, 0.5) is 8.78 Å². The van der Waals surface area contributed by atoms with E-state index in [-0.39, 0.29) is 11.8 Å². The van der Waals surface area contributed by atoms with Crippen LogP contribution in [-0.2, 0) is 6.54 Å². The highest BCUT2D eigenvalue weighted by molar-refractivity contribution is 5.97. The number of carbonyl (C=O) groups is 1. The third-order valence-corrected chi connectivity index (χ3v) is 5.23. The molecule has 2 aliphatic heterocycles. The smallest absolute Gasteiger partial charge is 0.257 e. The number of para-hydroxylation sites is 1. The average Bonchev–Trinajstić information content (AvgIpc) is 3.23. The first kappa shape index (κ1) is 18.5. The molecule has 1 fully saturated rings. The van der Waals surface area contributed by atoms with Crippen molar-refractivity contribution in [2.75, 3.05) is 26.2 Å². The van der Waals surface area contributed by atoms with E-state index >= 15 is 0 Å². The van der Waals surface area contributed by atoms with Crippen LogP contribution in [0.25, 0.3) is 0 Å². The summed E-state index contributed by atoms with van der Waals surface area (Å²) in [4.78, 5) is 16.8. The summed E-state index contributed by atoms with van der Waals surface area (Å²) in [5.74, 6) is -0.282. The van der Waals surface area contributed by atoms with Crippen LogP contribution in [0.2, 0.25) is 0 Å². The minimum absolute atomic E-state index is 0.0320. The van der Waals surface area contributed by atoms with Crippen LogP contribution in [0, 0.1) is 17.6 Å². The van der Waals surface area contributed by atoms with E-state index in [1.165, 1.54) is 17.7 Å². The van der Waals surface area contributed by atoms with E-state index in [0.29, 0.717) is 43.1 Å². The van der Waals surface area contributed by atoms with Gasteiger partial charge in [0.1, 0.15) is 17.4 Å². The van der Waals surface area contributed by atoms with Crippen LogP contribution in [0.15, 0.2) is 54.2 Å². The van der Waals surface area contributed by atoms with Gasteiger partial charge in [0.2, 0.25) is 0 Å². The first-order chi connectivity index (χ1) is 13.5. The summed E-state index contributed by atoms with van der Waals surface area (Å²) >= 11 is 0. The molecular weight excluding hydrogens is 362 g/mol. The molecule has 0 bridgehead atoms. The van der Waals surface area contributed by atoms with Gasteiger partial charge in [-0.3, -0.25) is 4.79 Å². The second-order valence-electron chi connectivity index (χ2n) is 7.18. The highest BCUT2D eigenvalue weighted by Crippen LogP contribution is 2.32. The Balaban J connectivity index is 1.44. The summed E-state index contributed by atoms with van der Waals surface area (Å²) in [5.41, 5.74) is 2.22. The number of nitrogens with zero attached hydrogens (tertiary/aromatic N) is 2. The molecule has 1 atom stereocenters. The van der Waals surface area contributed by atoms with E-state index in [1.807, 2.05) is 41.1 Å². The monoisotopic (exact) mass is 384 g/mol. The van der Waals surface area contributed by atoms with Gasteiger partial charge in [0.05, 0.1) is 12.2 Å². The fourth-order valence-corrected chi connectivity index (χ4v) is 3.92. The number of fused-ring (bicyclic) bond motifs is 1. The molecule has 4 rings (SSSR count). The Labute approximate surface area is 163 Å². The normalized spacial score (nSPS) is 18.2. The van der Waals surface area contributed by atoms with Crippen LogP contribution in [0.3, 0.4) is 0 Å². The molecule has 2 heterocycles. The fraction of sp³-hybridized carbons (Fsp3) is 0.318. The topological polar surface area (TPSA) is 32.8 Å². The molecule has 2 aromatic rings. The molecule has 0 aliphatic carbocycles. The summed E-state index contributed by atoms with van der Waals surface area (Å²) in [6, 6.07) is 11.0. The minimum atomic E-state index is -0.570. The maximum Gasteiger partial charge on any atom is 0.257 e. The summed E-state index contributed by atoms with van der Waals surface area (Å²) in [6.45, 7) is 4.72. The molecule has 0 spiro atoms. The molecule has 1 unspecified atom stereocenters. The quantitative estimate of drug-likeness (QED) is 0.785. The second kappa shape index (κ2) is 7.62. The van der Waals surface area contributed by atoms with Crippen molar-refractivity contribution < 1.29 is 18.3 Å². The molecule has 1 amide bonds. The molecule has 2 aromatic carbocycles. The van der Waals surface area contributed by atoms with Crippen molar-refractivity contribution in [1.82, 2.24) is 9.80 Å². The third-order valence-electron chi connectivity index (χ3n) is 5.23. The minimum Gasteiger partial charge on any atom is -0.493 e. The number of hydrogen-bond donors (Lipinski definition) is 0. The van der Waals surface area contributed by atoms with Gasteiger partial charge in [0, 0.05) is 49.9 Å². The molecule has 28 heavy (non-hydrogen) atoms. The van der Waals surface area contributed by atoms with Crippen molar-refractivity contribution in [2.45, 2.75) is 13.5 Å². The van der Waals surface area contributed by atoms with Crippen LogP contribution in [0.1, 0.15) is 22.8 Å². The van der Waals surface area contributed by atoms with Gasteiger partial charge in [-0.15, -0.1) is 0 Å². The Hall–Kier alpha value is -2.89. The Morgan fingerprint density at radius 1 is 1.18 bits per heavy atom. The number of amides is 1. The molecule has 146 valence electrons. The van der Waals surface area contributed by atoms with E-state index in [2.05, 4.69) is 0 Å². The highest BCUT2D eigenvalue weighted by atomic mass is 19.1. The van der Waals surface area contributed by atoms with Gasteiger partial charge in [-0.2, -0.15) is 0 Å². The van der Waals surface area contributed by atoms with Crippen molar-refractivity contribution in [3.05, 3.63) is 77.0 Å². The van der Waals surface area contributed by atoms with Crippen molar-refractivity contribution in [3.63, 3.8) is 0 Å². The third kappa shape index (κ3) is 3.59. The maximum atomic E-state index is 13.9. The zero-order chi connectivity index (χ0) is 19.7.